The maximum atomic E-state index is 8.61. The Morgan fingerprint density at radius 3 is 2.33 bits per heavy atom. The third-order valence-corrected chi connectivity index (χ3v) is 5.44. The van der Waals surface area contributed by atoms with Gasteiger partial charge in [-0.15, -0.1) is 0 Å². The van der Waals surface area contributed by atoms with Gasteiger partial charge in [-0.3, -0.25) is 15.2 Å². The van der Waals surface area contributed by atoms with E-state index in [9.17, 15) is 0 Å². The molecule has 3 aromatic rings. The number of hydrogen-bond donors (Lipinski definition) is 2. The fourth-order valence-corrected chi connectivity index (χ4v) is 3.33. The first-order valence-corrected chi connectivity index (χ1v) is 8.99. The van der Waals surface area contributed by atoms with Gasteiger partial charge in [0.15, 0.2) is 0 Å². The van der Waals surface area contributed by atoms with Gasteiger partial charge in [0.1, 0.15) is 12.0 Å². The Morgan fingerprint density at radius 1 is 0.963 bits per heavy atom. The van der Waals surface area contributed by atoms with Gasteiger partial charge in [0.25, 0.3) is 0 Å². The van der Waals surface area contributed by atoms with Crippen molar-refractivity contribution >= 4 is 63.6 Å². The van der Waals surface area contributed by atoms with Crippen molar-refractivity contribution in [1.29, 1.82) is 5.41 Å². The van der Waals surface area contributed by atoms with Gasteiger partial charge in [-0.25, -0.2) is 4.63 Å². The van der Waals surface area contributed by atoms with Gasteiger partial charge in [0.05, 0.1) is 15.7 Å². The van der Waals surface area contributed by atoms with Crippen LogP contribution < -0.4 is 15.5 Å². The van der Waals surface area contributed by atoms with Crippen molar-refractivity contribution in [3.8, 4) is 0 Å². The van der Waals surface area contributed by atoms with E-state index in [1.807, 2.05) is 13.0 Å². The van der Waals surface area contributed by atoms with Gasteiger partial charge in [-0.05, 0) is 59.2 Å². The molecule has 1 aliphatic rings. The lowest BCUT2D eigenvalue weighted by molar-refractivity contribution is 0.309. The molecule has 4 rings (SSSR count). The number of halogens is 3. The number of nitrogens with two attached hydrogens (primary N) is 1. The minimum atomic E-state index is -0.834. The van der Waals surface area contributed by atoms with E-state index in [1.165, 1.54) is 4.90 Å². The van der Waals surface area contributed by atoms with Gasteiger partial charge < -0.3 is 5.73 Å². The predicted molar refractivity (Wildman–Crippen MR) is 107 cm³/mol. The van der Waals surface area contributed by atoms with Crippen molar-refractivity contribution in [2.45, 2.75) is 13.1 Å². The molecule has 0 bridgehead atoms. The summed E-state index contributed by atoms with van der Waals surface area (Å²) in [5, 5.41) is 18.0. The molecule has 0 saturated carbocycles. The van der Waals surface area contributed by atoms with Crippen molar-refractivity contribution in [3.63, 3.8) is 0 Å². The largest absolute Gasteiger partial charge is 0.305 e. The van der Waals surface area contributed by atoms with E-state index in [2.05, 4.69) is 10.3 Å². The van der Waals surface area contributed by atoms with Crippen LogP contribution in [0.2, 0.25) is 15.1 Å². The normalized spacial score (nSPS) is 16.6. The Hall–Kier alpha value is -2.32. The summed E-state index contributed by atoms with van der Waals surface area (Å²) in [6, 6.07) is 10.4. The zero-order chi connectivity index (χ0) is 19.3. The van der Waals surface area contributed by atoms with Crippen LogP contribution in [-0.2, 0) is 0 Å². The number of nitrogens with one attached hydrogen (secondary N) is 1. The number of fused-ring (bicyclic) bond motifs is 1. The van der Waals surface area contributed by atoms with Crippen molar-refractivity contribution in [1.82, 2.24) is 10.3 Å². The molecule has 0 amide bonds. The second kappa shape index (κ2) is 6.69. The zero-order valence-corrected chi connectivity index (χ0v) is 16.2. The fourth-order valence-electron chi connectivity index (χ4n) is 2.92. The van der Waals surface area contributed by atoms with E-state index in [0.717, 1.165) is 11.3 Å². The van der Waals surface area contributed by atoms with E-state index < -0.39 is 6.17 Å². The number of benzene rings is 2. The SMILES string of the molecule is Cc1cc(N2c3nonc3N(c3ccc(Cl)c(Cl)c3)C(=N)C2N)ccc1Cl. The van der Waals surface area contributed by atoms with Gasteiger partial charge in [0, 0.05) is 10.7 Å². The molecule has 1 aliphatic heterocycles. The van der Waals surface area contributed by atoms with Crippen molar-refractivity contribution in [2.75, 3.05) is 9.80 Å². The van der Waals surface area contributed by atoms with Crippen LogP contribution >= 0.6 is 34.8 Å². The Balaban J connectivity index is 1.85. The Bertz CT molecular complexity index is 1050. The third-order valence-electron chi connectivity index (χ3n) is 4.27. The Labute approximate surface area is 169 Å². The highest BCUT2D eigenvalue weighted by atomic mass is 35.5. The quantitative estimate of drug-likeness (QED) is 0.609. The maximum Gasteiger partial charge on any atom is 0.228 e. The van der Waals surface area contributed by atoms with Gasteiger partial charge >= 0.3 is 0 Å². The number of aromatic nitrogens is 2. The summed E-state index contributed by atoms with van der Waals surface area (Å²) in [5.74, 6) is 0.781. The Kier molecular flexibility index (Phi) is 4.47. The fraction of sp³-hybridized carbons (Fsp3) is 0.118. The molecule has 3 N–H and O–H groups in total. The van der Waals surface area contributed by atoms with Crippen LogP contribution in [0.1, 0.15) is 5.56 Å². The van der Waals surface area contributed by atoms with Gasteiger partial charge in [-0.1, -0.05) is 34.8 Å². The van der Waals surface area contributed by atoms with E-state index in [1.54, 1.807) is 35.2 Å². The van der Waals surface area contributed by atoms with Gasteiger partial charge in [0.2, 0.25) is 11.6 Å². The lowest BCUT2D eigenvalue weighted by Crippen LogP contribution is -2.54. The van der Waals surface area contributed by atoms with Crippen LogP contribution in [0.25, 0.3) is 0 Å². The Morgan fingerprint density at radius 2 is 1.63 bits per heavy atom. The maximum absolute atomic E-state index is 8.61. The van der Waals surface area contributed by atoms with Gasteiger partial charge in [-0.2, -0.15) is 0 Å². The second-order valence-corrected chi connectivity index (χ2v) is 7.20. The van der Waals surface area contributed by atoms with Crippen LogP contribution in [0.4, 0.5) is 23.0 Å². The van der Waals surface area contributed by atoms with Crippen LogP contribution in [0.3, 0.4) is 0 Å². The topological polar surface area (TPSA) is 95.3 Å². The first-order chi connectivity index (χ1) is 12.9. The van der Waals surface area contributed by atoms with Crippen molar-refractivity contribution in [3.05, 3.63) is 57.0 Å². The summed E-state index contributed by atoms with van der Waals surface area (Å²) in [7, 11) is 0. The second-order valence-electron chi connectivity index (χ2n) is 5.98. The monoisotopic (exact) mass is 422 g/mol. The smallest absolute Gasteiger partial charge is 0.228 e. The number of anilines is 4. The molecular formula is C17H13Cl3N6O. The molecule has 7 nitrogen and oxygen atoms in total. The molecule has 0 spiro atoms. The standard InChI is InChI=1S/C17H13Cl3N6O/c1-8-6-9(2-4-11(8)18)25-14(21)15(22)26(17-16(25)23-27-24-17)10-3-5-12(19)13(20)7-10/h2-7,14,22H,21H2,1H3. The summed E-state index contributed by atoms with van der Waals surface area (Å²) in [4.78, 5) is 3.20. The summed E-state index contributed by atoms with van der Waals surface area (Å²) in [6.07, 6.45) is -0.834. The lowest BCUT2D eigenvalue weighted by Gasteiger charge is -2.38. The predicted octanol–water partition coefficient (Wildman–Crippen LogP) is 4.89. The van der Waals surface area contributed by atoms with E-state index in [4.69, 9.17) is 50.6 Å². The summed E-state index contributed by atoms with van der Waals surface area (Å²) in [6.45, 7) is 1.89. The molecule has 1 aromatic heterocycles. The number of rotatable bonds is 2. The summed E-state index contributed by atoms with van der Waals surface area (Å²) in [5.41, 5.74) is 8.54. The molecular weight excluding hydrogens is 411 g/mol. The van der Waals surface area contributed by atoms with Crippen molar-refractivity contribution in [2.24, 2.45) is 5.73 Å². The number of nitrogens with zero attached hydrogens (tertiary/aromatic N) is 4. The average molecular weight is 424 g/mol. The highest BCUT2D eigenvalue weighted by molar-refractivity contribution is 6.42. The highest BCUT2D eigenvalue weighted by Crippen LogP contribution is 2.42. The van der Waals surface area contributed by atoms with Crippen LogP contribution in [0.15, 0.2) is 41.0 Å². The van der Waals surface area contributed by atoms with E-state index in [-0.39, 0.29) is 5.84 Å². The lowest BCUT2D eigenvalue weighted by atomic mass is 10.1. The average Bonchev–Trinajstić information content (AvgIpc) is 3.10. The number of aryl methyl sites for hydroxylation is 1. The molecule has 0 fully saturated rings. The van der Waals surface area contributed by atoms with Crippen LogP contribution in [0.5, 0.6) is 0 Å². The minimum Gasteiger partial charge on any atom is -0.305 e. The zero-order valence-electron chi connectivity index (χ0n) is 13.9. The van der Waals surface area contributed by atoms with Crippen LogP contribution in [-0.4, -0.2) is 22.3 Å². The molecule has 2 aromatic carbocycles. The van der Waals surface area contributed by atoms with Crippen molar-refractivity contribution < 1.29 is 4.63 Å². The molecule has 1 atom stereocenters. The molecule has 0 radical (unpaired) electrons. The molecule has 1 unspecified atom stereocenters. The molecule has 10 heteroatoms. The first-order valence-electron chi connectivity index (χ1n) is 7.85. The molecule has 27 heavy (non-hydrogen) atoms. The minimum absolute atomic E-state index is 0.0733. The molecule has 2 heterocycles. The molecule has 138 valence electrons. The first kappa shape index (κ1) is 18.1. The highest BCUT2D eigenvalue weighted by Gasteiger charge is 2.39. The van der Waals surface area contributed by atoms with E-state index in [0.29, 0.717) is 32.4 Å². The molecule has 0 saturated heterocycles. The number of amidine groups is 1. The third kappa shape index (κ3) is 2.93. The molecule has 0 aliphatic carbocycles. The summed E-state index contributed by atoms with van der Waals surface area (Å²) < 4.78 is 4.95. The van der Waals surface area contributed by atoms with Crippen LogP contribution in [0, 0.1) is 12.3 Å². The van der Waals surface area contributed by atoms with E-state index >= 15 is 0 Å². The number of hydrogen-bond acceptors (Lipinski definition) is 6. The summed E-state index contributed by atoms with van der Waals surface area (Å²) >= 11 is 18.3.